The lowest BCUT2D eigenvalue weighted by Gasteiger charge is -2.13. The predicted molar refractivity (Wildman–Crippen MR) is 116 cm³/mol. The van der Waals surface area contributed by atoms with Crippen molar-refractivity contribution in [1.29, 1.82) is 0 Å². The van der Waals surface area contributed by atoms with Gasteiger partial charge in [-0.05, 0) is 62.9 Å². The van der Waals surface area contributed by atoms with E-state index >= 15 is 0 Å². The molecular formula is C23H33N3O3. The van der Waals surface area contributed by atoms with Crippen molar-refractivity contribution in [2.75, 3.05) is 19.8 Å². The lowest BCUT2D eigenvalue weighted by atomic mass is 10.1. The molecule has 0 aliphatic carbocycles. The first-order valence-electron chi connectivity index (χ1n) is 10.3. The largest absolute Gasteiger partial charge is 0.490 e. The maximum atomic E-state index is 12.2. The number of amides is 1. The minimum Gasteiger partial charge on any atom is -0.490 e. The van der Waals surface area contributed by atoms with E-state index in [1.807, 2.05) is 43.7 Å². The molecule has 0 aliphatic rings. The molecule has 1 amide bonds. The highest BCUT2D eigenvalue weighted by atomic mass is 16.5. The third kappa shape index (κ3) is 7.29. The highest BCUT2D eigenvalue weighted by Crippen LogP contribution is 2.29. The third-order valence-corrected chi connectivity index (χ3v) is 4.37. The summed E-state index contributed by atoms with van der Waals surface area (Å²) in [7, 11) is 0. The Morgan fingerprint density at radius 1 is 1.21 bits per heavy atom. The molecular weight excluding hydrogens is 366 g/mol. The second-order valence-electron chi connectivity index (χ2n) is 7.28. The molecule has 6 heteroatoms. The van der Waals surface area contributed by atoms with Gasteiger partial charge >= 0.3 is 0 Å². The number of hydrogen-bond donors (Lipinski definition) is 1. The van der Waals surface area contributed by atoms with E-state index in [9.17, 15) is 4.79 Å². The number of aryl methyl sites for hydroxylation is 2. The number of benzene rings is 1. The summed E-state index contributed by atoms with van der Waals surface area (Å²) in [5, 5.41) is 7.43. The number of carbonyl (C=O) groups is 1. The Balaban J connectivity index is 1.89. The zero-order valence-electron chi connectivity index (χ0n) is 18.2. The van der Waals surface area contributed by atoms with Gasteiger partial charge in [0.1, 0.15) is 0 Å². The molecule has 6 nitrogen and oxygen atoms in total. The third-order valence-electron chi connectivity index (χ3n) is 4.37. The second kappa shape index (κ2) is 11.3. The molecule has 0 radical (unpaired) electrons. The molecule has 0 fully saturated rings. The highest BCUT2D eigenvalue weighted by Gasteiger charge is 2.09. The summed E-state index contributed by atoms with van der Waals surface area (Å²) in [6.07, 6.45) is 4.27. The number of ether oxygens (including phenoxy) is 2. The van der Waals surface area contributed by atoms with E-state index in [1.54, 1.807) is 12.2 Å². The fourth-order valence-electron chi connectivity index (χ4n) is 2.95. The van der Waals surface area contributed by atoms with Crippen molar-refractivity contribution in [1.82, 2.24) is 15.1 Å². The van der Waals surface area contributed by atoms with E-state index in [-0.39, 0.29) is 11.8 Å². The van der Waals surface area contributed by atoms with Gasteiger partial charge in [-0.15, -0.1) is 0 Å². The fourth-order valence-corrected chi connectivity index (χ4v) is 2.95. The summed E-state index contributed by atoms with van der Waals surface area (Å²) in [4.78, 5) is 12.2. The van der Waals surface area contributed by atoms with E-state index in [1.165, 1.54) is 0 Å². The van der Waals surface area contributed by atoms with E-state index in [2.05, 4.69) is 30.3 Å². The minimum atomic E-state index is -0.116. The Kier molecular flexibility index (Phi) is 8.77. The molecule has 0 spiro atoms. The zero-order valence-corrected chi connectivity index (χ0v) is 18.2. The number of nitrogens with one attached hydrogen (secondary N) is 1. The van der Waals surface area contributed by atoms with Crippen molar-refractivity contribution in [2.45, 2.75) is 47.6 Å². The minimum absolute atomic E-state index is 0.116. The summed E-state index contributed by atoms with van der Waals surface area (Å²) in [6, 6.07) is 7.75. The van der Waals surface area contributed by atoms with E-state index in [0.29, 0.717) is 25.5 Å². The molecule has 1 atom stereocenters. The zero-order chi connectivity index (χ0) is 21.2. The first kappa shape index (κ1) is 22.5. The van der Waals surface area contributed by atoms with Crippen LogP contribution in [0.4, 0.5) is 0 Å². The molecule has 0 saturated carbocycles. The van der Waals surface area contributed by atoms with Crippen LogP contribution in [0.1, 0.15) is 44.1 Å². The van der Waals surface area contributed by atoms with Crippen LogP contribution in [-0.4, -0.2) is 35.4 Å². The molecule has 0 saturated heterocycles. The quantitative estimate of drug-likeness (QED) is 0.577. The van der Waals surface area contributed by atoms with Crippen molar-refractivity contribution in [3.8, 4) is 11.5 Å². The highest BCUT2D eigenvalue weighted by molar-refractivity contribution is 5.91. The van der Waals surface area contributed by atoms with Crippen molar-refractivity contribution >= 4 is 12.0 Å². The van der Waals surface area contributed by atoms with Crippen LogP contribution in [0.5, 0.6) is 11.5 Å². The van der Waals surface area contributed by atoms with Crippen LogP contribution in [0.25, 0.3) is 6.08 Å². The molecule has 1 heterocycles. The average Bonchev–Trinajstić information content (AvgIpc) is 3.01. The van der Waals surface area contributed by atoms with Gasteiger partial charge in [0, 0.05) is 24.9 Å². The van der Waals surface area contributed by atoms with Crippen LogP contribution in [0.15, 0.2) is 30.3 Å². The summed E-state index contributed by atoms with van der Waals surface area (Å²) in [5.41, 5.74) is 3.04. The molecule has 2 rings (SSSR count). The predicted octanol–water partition coefficient (Wildman–Crippen LogP) is 4.15. The topological polar surface area (TPSA) is 65.4 Å². The smallest absolute Gasteiger partial charge is 0.244 e. The summed E-state index contributed by atoms with van der Waals surface area (Å²) in [5.74, 6) is 1.59. The maximum Gasteiger partial charge on any atom is 0.244 e. The Morgan fingerprint density at radius 3 is 2.66 bits per heavy atom. The molecule has 0 bridgehead atoms. The van der Waals surface area contributed by atoms with E-state index in [4.69, 9.17) is 9.47 Å². The monoisotopic (exact) mass is 399 g/mol. The van der Waals surface area contributed by atoms with Crippen LogP contribution in [0, 0.1) is 19.8 Å². The van der Waals surface area contributed by atoms with Crippen molar-refractivity contribution in [2.24, 2.45) is 5.92 Å². The van der Waals surface area contributed by atoms with Crippen molar-refractivity contribution in [3.63, 3.8) is 0 Å². The number of rotatable bonds is 11. The molecule has 1 N–H and O–H groups in total. The average molecular weight is 400 g/mol. The van der Waals surface area contributed by atoms with E-state index < -0.39 is 0 Å². The van der Waals surface area contributed by atoms with Gasteiger partial charge in [0.2, 0.25) is 5.91 Å². The lowest BCUT2D eigenvalue weighted by molar-refractivity contribution is -0.116. The fraction of sp³-hybridized carbons (Fsp3) is 0.478. The maximum absolute atomic E-state index is 12.2. The van der Waals surface area contributed by atoms with Gasteiger partial charge in [-0.1, -0.05) is 19.9 Å². The van der Waals surface area contributed by atoms with Crippen molar-refractivity contribution in [3.05, 3.63) is 47.3 Å². The number of nitrogens with zero attached hydrogens (tertiary/aromatic N) is 2. The van der Waals surface area contributed by atoms with Gasteiger partial charge in [-0.25, -0.2) is 0 Å². The summed E-state index contributed by atoms with van der Waals surface area (Å²) in [6.45, 7) is 12.7. The Morgan fingerprint density at radius 2 is 2.00 bits per heavy atom. The molecule has 1 aromatic carbocycles. The van der Waals surface area contributed by atoms with Gasteiger partial charge in [-0.3, -0.25) is 9.48 Å². The SMILES string of the molecule is CCCOc1ccc(/C=C/C(=O)NCC(C)Cn2nc(C)cc2C)cc1OCC. The van der Waals surface area contributed by atoms with Crippen LogP contribution in [0.3, 0.4) is 0 Å². The molecule has 29 heavy (non-hydrogen) atoms. The lowest BCUT2D eigenvalue weighted by Crippen LogP contribution is -2.29. The normalized spacial score (nSPS) is 12.2. The Bertz CT molecular complexity index is 827. The Labute approximate surface area is 173 Å². The van der Waals surface area contributed by atoms with Gasteiger partial charge in [0.25, 0.3) is 0 Å². The molecule has 2 aromatic rings. The van der Waals surface area contributed by atoms with Crippen LogP contribution in [0.2, 0.25) is 0 Å². The first-order chi connectivity index (χ1) is 13.9. The van der Waals surface area contributed by atoms with Gasteiger partial charge in [0.15, 0.2) is 11.5 Å². The standard InChI is InChI=1S/C23H33N3O3/c1-6-12-29-21-10-8-20(14-22(21)28-7-2)9-11-23(27)24-15-17(3)16-26-19(5)13-18(4)25-26/h8-11,13-14,17H,6-7,12,15-16H2,1-5H3,(H,24,27)/b11-9+. The van der Waals surface area contributed by atoms with Crippen LogP contribution < -0.4 is 14.8 Å². The summed E-state index contributed by atoms with van der Waals surface area (Å²) >= 11 is 0. The van der Waals surface area contributed by atoms with E-state index in [0.717, 1.165) is 35.7 Å². The molecule has 1 aromatic heterocycles. The Hall–Kier alpha value is -2.76. The summed E-state index contributed by atoms with van der Waals surface area (Å²) < 4.78 is 13.4. The van der Waals surface area contributed by atoms with Crippen molar-refractivity contribution < 1.29 is 14.3 Å². The van der Waals surface area contributed by atoms with Gasteiger partial charge < -0.3 is 14.8 Å². The first-order valence-corrected chi connectivity index (χ1v) is 10.3. The molecule has 158 valence electrons. The molecule has 0 aliphatic heterocycles. The second-order valence-corrected chi connectivity index (χ2v) is 7.28. The van der Waals surface area contributed by atoms with Gasteiger partial charge in [0.05, 0.1) is 18.9 Å². The number of carbonyl (C=O) groups excluding carboxylic acids is 1. The van der Waals surface area contributed by atoms with Crippen LogP contribution in [-0.2, 0) is 11.3 Å². The number of aromatic nitrogens is 2. The van der Waals surface area contributed by atoms with Crippen LogP contribution >= 0.6 is 0 Å². The molecule has 1 unspecified atom stereocenters. The number of hydrogen-bond acceptors (Lipinski definition) is 4. The van der Waals surface area contributed by atoms with Gasteiger partial charge in [-0.2, -0.15) is 5.10 Å².